The lowest BCUT2D eigenvalue weighted by Gasteiger charge is -2.30. The predicted octanol–water partition coefficient (Wildman–Crippen LogP) is 6.38. The maximum atomic E-state index is 13.0. The lowest BCUT2D eigenvalue weighted by molar-refractivity contribution is -0.275. The van der Waals surface area contributed by atoms with Gasteiger partial charge in [-0.3, -0.25) is 4.79 Å². The summed E-state index contributed by atoms with van der Waals surface area (Å²) in [6.07, 6.45) is -4.24. The van der Waals surface area contributed by atoms with Gasteiger partial charge in [0.25, 0.3) is 5.91 Å². The van der Waals surface area contributed by atoms with Crippen molar-refractivity contribution >= 4 is 28.9 Å². The van der Waals surface area contributed by atoms with Crippen molar-refractivity contribution in [3.05, 3.63) is 48.0 Å². The van der Waals surface area contributed by atoms with Crippen LogP contribution in [0.1, 0.15) is 55.3 Å². The third-order valence-corrected chi connectivity index (χ3v) is 7.44. The van der Waals surface area contributed by atoms with Gasteiger partial charge in [-0.05, 0) is 94.2 Å². The van der Waals surface area contributed by atoms with Gasteiger partial charge in [0.05, 0.1) is 11.7 Å². The van der Waals surface area contributed by atoms with E-state index in [-0.39, 0.29) is 40.9 Å². The first-order chi connectivity index (χ1) is 20.8. The molecule has 0 aromatic heterocycles. The van der Waals surface area contributed by atoms with Crippen molar-refractivity contribution in [1.29, 1.82) is 0 Å². The Bertz CT molecular complexity index is 1270. The van der Waals surface area contributed by atoms with E-state index in [1.807, 2.05) is 0 Å². The number of nitrogens with one attached hydrogen (secondary N) is 3. The number of piperidine rings is 1. The van der Waals surface area contributed by atoms with Crippen LogP contribution in [0.2, 0.25) is 0 Å². The zero-order valence-electron chi connectivity index (χ0n) is 23.7. The lowest BCUT2D eigenvalue weighted by atomic mass is 9.93. The molecule has 242 valence electrons. The molecule has 2 aliphatic rings. The van der Waals surface area contributed by atoms with Crippen molar-refractivity contribution in [2.45, 2.75) is 69.8 Å². The highest BCUT2D eigenvalue weighted by molar-refractivity contribution is 7.80. The van der Waals surface area contributed by atoms with Crippen LogP contribution in [0.3, 0.4) is 0 Å². The summed E-state index contributed by atoms with van der Waals surface area (Å²) in [7, 11) is 0. The van der Waals surface area contributed by atoms with Crippen LogP contribution in [0, 0.1) is 0 Å². The van der Waals surface area contributed by atoms with Crippen molar-refractivity contribution < 1.29 is 45.3 Å². The number of anilines is 1. The van der Waals surface area contributed by atoms with Crippen LogP contribution in [-0.2, 0) is 0 Å². The topological polar surface area (TPSA) is 84.1 Å². The molecule has 1 saturated heterocycles. The van der Waals surface area contributed by atoms with Gasteiger partial charge in [-0.2, -0.15) is 0 Å². The van der Waals surface area contributed by atoms with E-state index in [0.29, 0.717) is 37.9 Å². The molecule has 1 aliphatic heterocycles. The Morgan fingerprint density at radius 2 is 1.59 bits per heavy atom. The van der Waals surface area contributed by atoms with E-state index in [1.165, 1.54) is 36.8 Å². The Hall–Kier alpha value is -3.46. The largest absolute Gasteiger partial charge is 0.573 e. The fraction of sp³-hybridized carbons (Fsp3) is 0.517. The molecule has 15 heteroatoms. The number of amides is 1. The number of carbonyl (C=O) groups is 1. The van der Waals surface area contributed by atoms with Crippen LogP contribution >= 0.6 is 12.2 Å². The number of hydrogen-bond donors (Lipinski definition) is 3. The Balaban J connectivity index is 1.28. The highest BCUT2D eigenvalue weighted by Gasteiger charge is 2.34. The summed E-state index contributed by atoms with van der Waals surface area (Å²) in [5.74, 6) is -1.42. The maximum absolute atomic E-state index is 13.0. The highest BCUT2D eigenvalue weighted by atomic mass is 32.1. The van der Waals surface area contributed by atoms with Gasteiger partial charge in [-0.1, -0.05) is 12.5 Å². The third kappa shape index (κ3) is 11.2. The summed E-state index contributed by atoms with van der Waals surface area (Å²) in [5, 5.41) is 8.91. The van der Waals surface area contributed by atoms with E-state index in [0.717, 1.165) is 32.0 Å². The predicted molar refractivity (Wildman–Crippen MR) is 155 cm³/mol. The SMILES string of the molecule is O=C(NCCN1CCCCC1)c1cc(OC2CCC(NC(=S)Nc3cccc(OC(F)(F)F)c3)CC2)ccc1OC(F)(F)F. The minimum atomic E-state index is -4.97. The van der Waals surface area contributed by atoms with E-state index in [1.54, 1.807) is 6.07 Å². The number of thiocarbonyl (C=S) groups is 1. The molecule has 0 unspecified atom stereocenters. The molecule has 2 aromatic carbocycles. The van der Waals surface area contributed by atoms with Crippen molar-refractivity contribution in [3.8, 4) is 17.2 Å². The first-order valence-electron chi connectivity index (χ1n) is 14.3. The second-order valence-electron chi connectivity index (χ2n) is 10.6. The first-order valence-corrected chi connectivity index (χ1v) is 14.7. The third-order valence-electron chi connectivity index (χ3n) is 7.22. The van der Waals surface area contributed by atoms with Gasteiger partial charge in [-0.25, -0.2) is 0 Å². The zero-order valence-corrected chi connectivity index (χ0v) is 24.5. The Labute approximate surface area is 256 Å². The molecule has 1 amide bonds. The number of likely N-dealkylation sites (tertiary alicyclic amines) is 1. The minimum absolute atomic E-state index is 0.0340. The Kier molecular flexibility index (Phi) is 11.4. The molecular weight excluding hydrogens is 614 g/mol. The highest BCUT2D eigenvalue weighted by Crippen LogP contribution is 2.32. The number of ether oxygens (including phenoxy) is 3. The monoisotopic (exact) mass is 648 g/mol. The first kappa shape index (κ1) is 33.4. The summed E-state index contributed by atoms with van der Waals surface area (Å²) >= 11 is 5.31. The summed E-state index contributed by atoms with van der Waals surface area (Å²) in [6.45, 7) is 2.75. The van der Waals surface area contributed by atoms with Crippen LogP contribution in [-0.4, -0.2) is 67.0 Å². The van der Waals surface area contributed by atoms with Gasteiger partial charge < -0.3 is 35.1 Å². The standard InChI is InChI=1S/C29H34F6N4O4S/c30-28(31,32)42-23-6-4-5-20(17-23)38-27(44)37-19-7-9-21(10-8-19)41-22-11-12-25(43-29(33,34)35)24(18-22)26(40)36-13-16-39-14-2-1-3-15-39/h4-6,11-12,17-19,21H,1-3,7-10,13-16H2,(H,36,40)(H2,37,38,44). The van der Waals surface area contributed by atoms with E-state index in [9.17, 15) is 31.1 Å². The molecule has 44 heavy (non-hydrogen) atoms. The second kappa shape index (κ2) is 15.0. The van der Waals surface area contributed by atoms with Crippen molar-refractivity contribution in [3.63, 3.8) is 0 Å². The van der Waals surface area contributed by atoms with Gasteiger partial charge >= 0.3 is 12.7 Å². The summed E-state index contributed by atoms with van der Waals surface area (Å²) < 4.78 is 90.6. The number of nitrogens with zero attached hydrogens (tertiary/aromatic N) is 1. The average molecular weight is 649 g/mol. The quantitative estimate of drug-likeness (QED) is 0.203. The normalized spacial score (nSPS) is 19.5. The molecule has 0 radical (unpaired) electrons. The van der Waals surface area contributed by atoms with E-state index >= 15 is 0 Å². The van der Waals surface area contributed by atoms with E-state index in [4.69, 9.17) is 17.0 Å². The molecule has 3 N–H and O–H groups in total. The van der Waals surface area contributed by atoms with Gasteiger partial charge in [0.1, 0.15) is 17.2 Å². The van der Waals surface area contributed by atoms with Gasteiger partial charge in [-0.15, -0.1) is 26.3 Å². The van der Waals surface area contributed by atoms with Crippen molar-refractivity contribution in [2.75, 3.05) is 31.5 Å². The van der Waals surface area contributed by atoms with Crippen LogP contribution < -0.4 is 30.2 Å². The number of carbonyl (C=O) groups excluding carboxylic acids is 1. The summed E-state index contributed by atoms with van der Waals surface area (Å²) in [6, 6.07) is 8.96. The van der Waals surface area contributed by atoms with Crippen molar-refractivity contribution in [1.82, 2.24) is 15.5 Å². The molecule has 1 saturated carbocycles. The molecule has 0 bridgehead atoms. The molecule has 2 aromatic rings. The second-order valence-corrected chi connectivity index (χ2v) is 11.0. The van der Waals surface area contributed by atoms with Crippen LogP contribution in [0.5, 0.6) is 17.2 Å². The number of benzene rings is 2. The molecule has 0 spiro atoms. The summed E-state index contributed by atoms with van der Waals surface area (Å²) in [4.78, 5) is 15.1. The molecule has 0 atom stereocenters. The number of halogens is 6. The molecule has 2 fully saturated rings. The summed E-state index contributed by atoms with van der Waals surface area (Å²) in [5.41, 5.74) is 0.0560. The lowest BCUT2D eigenvalue weighted by Crippen LogP contribution is -2.41. The van der Waals surface area contributed by atoms with Crippen LogP contribution in [0.4, 0.5) is 32.0 Å². The van der Waals surface area contributed by atoms with Gasteiger partial charge in [0.2, 0.25) is 0 Å². The zero-order chi connectivity index (χ0) is 31.7. The number of alkyl halides is 6. The maximum Gasteiger partial charge on any atom is 0.573 e. The van der Waals surface area contributed by atoms with Crippen LogP contribution in [0.15, 0.2) is 42.5 Å². The Morgan fingerprint density at radius 3 is 2.27 bits per heavy atom. The minimum Gasteiger partial charge on any atom is -0.490 e. The molecular formula is C29H34F6N4O4S. The van der Waals surface area contributed by atoms with Crippen LogP contribution in [0.25, 0.3) is 0 Å². The smallest absolute Gasteiger partial charge is 0.490 e. The van der Waals surface area contributed by atoms with E-state index < -0.39 is 24.4 Å². The molecule has 8 nitrogen and oxygen atoms in total. The molecule has 1 aliphatic carbocycles. The van der Waals surface area contributed by atoms with Crippen molar-refractivity contribution in [2.24, 2.45) is 0 Å². The fourth-order valence-corrected chi connectivity index (χ4v) is 5.50. The average Bonchev–Trinajstić information content (AvgIpc) is 2.94. The fourth-order valence-electron chi connectivity index (χ4n) is 5.22. The number of rotatable bonds is 10. The Morgan fingerprint density at radius 1 is 0.886 bits per heavy atom. The number of hydrogen-bond acceptors (Lipinski definition) is 6. The molecule has 4 rings (SSSR count). The molecule has 1 heterocycles. The van der Waals surface area contributed by atoms with Gasteiger partial charge in [0.15, 0.2) is 5.11 Å². The van der Waals surface area contributed by atoms with E-state index in [2.05, 4.69) is 30.3 Å². The van der Waals surface area contributed by atoms with Gasteiger partial charge in [0, 0.05) is 30.9 Å².